The zero-order valence-electron chi connectivity index (χ0n) is 12.8. The number of amides is 1. The quantitative estimate of drug-likeness (QED) is 0.895. The molecule has 0 aromatic carbocycles. The smallest absolute Gasteiger partial charge is 0.222 e. The lowest BCUT2D eigenvalue weighted by Crippen LogP contribution is -2.41. The summed E-state index contributed by atoms with van der Waals surface area (Å²) in [5.41, 5.74) is 3.24. The summed E-state index contributed by atoms with van der Waals surface area (Å²) < 4.78 is 24.5. The molecule has 0 unspecified atom stereocenters. The Morgan fingerprint density at radius 2 is 1.90 bits per heavy atom. The molecule has 1 amide bonds. The van der Waals surface area contributed by atoms with Crippen LogP contribution in [0.4, 0.5) is 0 Å². The average Bonchev–Trinajstić information content (AvgIpc) is 2.66. The summed E-state index contributed by atoms with van der Waals surface area (Å²) in [4.78, 5) is 11.9. The van der Waals surface area contributed by atoms with E-state index in [0.29, 0.717) is 25.8 Å². The van der Waals surface area contributed by atoms with Gasteiger partial charge in [0.05, 0.1) is 17.2 Å². The molecule has 1 aromatic rings. The van der Waals surface area contributed by atoms with Crippen molar-refractivity contribution in [2.75, 3.05) is 11.5 Å². The lowest BCUT2D eigenvalue weighted by molar-refractivity contribution is -0.122. The number of rotatable bonds is 4. The van der Waals surface area contributed by atoms with Crippen LogP contribution in [0.1, 0.15) is 36.2 Å². The first-order valence-electron chi connectivity index (χ1n) is 7.29. The van der Waals surface area contributed by atoms with Crippen LogP contribution < -0.4 is 5.32 Å². The topological polar surface area (TPSA) is 81.1 Å². The molecule has 21 heavy (non-hydrogen) atoms. The monoisotopic (exact) mass is 313 g/mol. The summed E-state index contributed by atoms with van der Waals surface area (Å²) >= 11 is 0. The van der Waals surface area contributed by atoms with E-state index in [9.17, 15) is 13.2 Å². The van der Waals surface area contributed by atoms with Gasteiger partial charge in [-0.2, -0.15) is 5.10 Å². The van der Waals surface area contributed by atoms with E-state index in [1.54, 1.807) is 0 Å². The normalized spacial score (nSPS) is 18.6. The molecular weight excluding hydrogens is 290 g/mol. The minimum Gasteiger partial charge on any atom is -0.353 e. The van der Waals surface area contributed by atoms with E-state index < -0.39 is 9.84 Å². The summed E-state index contributed by atoms with van der Waals surface area (Å²) in [5, 5.41) is 7.33. The van der Waals surface area contributed by atoms with Crippen molar-refractivity contribution < 1.29 is 13.2 Å². The molecule has 6 nitrogen and oxygen atoms in total. The SMILES string of the molecule is Cc1nn(CCC(=O)NC2CCS(=O)(=O)CC2)c(C)c1C. The van der Waals surface area contributed by atoms with Gasteiger partial charge in [0.1, 0.15) is 9.84 Å². The number of hydrogen-bond acceptors (Lipinski definition) is 4. The first-order chi connectivity index (χ1) is 9.78. The molecule has 1 aliphatic rings. The molecule has 2 rings (SSSR count). The van der Waals surface area contributed by atoms with Crippen molar-refractivity contribution in [3.63, 3.8) is 0 Å². The largest absolute Gasteiger partial charge is 0.353 e. The minimum absolute atomic E-state index is 0.0109. The minimum atomic E-state index is -2.88. The van der Waals surface area contributed by atoms with Gasteiger partial charge in [-0.3, -0.25) is 9.48 Å². The molecule has 0 bridgehead atoms. The van der Waals surface area contributed by atoms with Crippen LogP contribution in [0.25, 0.3) is 0 Å². The zero-order valence-corrected chi connectivity index (χ0v) is 13.7. The number of nitrogens with one attached hydrogen (secondary N) is 1. The molecule has 2 heterocycles. The second-order valence-corrected chi connectivity index (χ2v) is 8.07. The van der Waals surface area contributed by atoms with Crippen LogP contribution in [0, 0.1) is 20.8 Å². The molecule has 0 spiro atoms. The maximum absolute atomic E-state index is 11.9. The fourth-order valence-electron chi connectivity index (χ4n) is 2.55. The number of aromatic nitrogens is 2. The highest BCUT2D eigenvalue weighted by atomic mass is 32.2. The van der Waals surface area contributed by atoms with Gasteiger partial charge in [0, 0.05) is 24.7 Å². The Morgan fingerprint density at radius 1 is 1.29 bits per heavy atom. The average molecular weight is 313 g/mol. The van der Waals surface area contributed by atoms with E-state index in [-0.39, 0.29) is 23.5 Å². The lowest BCUT2D eigenvalue weighted by Gasteiger charge is -2.23. The highest BCUT2D eigenvalue weighted by Crippen LogP contribution is 2.13. The molecule has 0 aliphatic carbocycles. The summed E-state index contributed by atoms with van der Waals surface area (Å²) in [6.45, 7) is 6.54. The van der Waals surface area contributed by atoms with Gasteiger partial charge in [-0.1, -0.05) is 0 Å². The second-order valence-electron chi connectivity index (χ2n) is 5.76. The van der Waals surface area contributed by atoms with E-state index in [4.69, 9.17) is 0 Å². The molecule has 1 N–H and O–H groups in total. The highest BCUT2D eigenvalue weighted by molar-refractivity contribution is 7.91. The second kappa shape index (κ2) is 6.17. The summed E-state index contributed by atoms with van der Waals surface area (Å²) in [5.74, 6) is 0.313. The predicted molar refractivity (Wildman–Crippen MR) is 80.9 cm³/mol. The number of hydrogen-bond donors (Lipinski definition) is 1. The molecule has 0 atom stereocenters. The number of sulfone groups is 1. The van der Waals surface area contributed by atoms with Crippen LogP contribution in [0.15, 0.2) is 0 Å². The van der Waals surface area contributed by atoms with Crippen LogP contribution in [-0.4, -0.2) is 41.7 Å². The van der Waals surface area contributed by atoms with Crippen molar-refractivity contribution in [2.24, 2.45) is 0 Å². The Morgan fingerprint density at radius 3 is 2.43 bits per heavy atom. The lowest BCUT2D eigenvalue weighted by atomic mass is 10.1. The van der Waals surface area contributed by atoms with Gasteiger partial charge in [-0.05, 0) is 39.2 Å². The number of carbonyl (C=O) groups excluding carboxylic acids is 1. The Balaban J connectivity index is 1.81. The van der Waals surface area contributed by atoms with Crippen molar-refractivity contribution in [3.05, 3.63) is 17.0 Å². The van der Waals surface area contributed by atoms with Gasteiger partial charge < -0.3 is 5.32 Å². The third-order valence-electron chi connectivity index (χ3n) is 4.21. The summed E-state index contributed by atoms with van der Waals surface area (Å²) in [6.07, 6.45) is 1.41. The van der Waals surface area contributed by atoms with Gasteiger partial charge in [0.15, 0.2) is 0 Å². The van der Waals surface area contributed by atoms with Gasteiger partial charge in [-0.25, -0.2) is 8.42 Å². The molecule has 1 aliphatic heterocycles. The molecule has 7 heteroatoms. The van der Waals surface area contributed by atoms with Gasteiger partial charge in [0.25, 0.3) is 0 Å². The molecule has 0 saturated carbocycles. The van der Waals surface area contributed by atoms with Crippen LogP contribution in [0.2, 0.25) is 0 Å². The van der Waals surface area contributed by atoms with Gasteiger partial charge in [0.2, 0.25) is 5.91 Å². The third kappa shape index (κ3) is 4.06. The standard InChI is InChI=1S/C14H23N3O3S/c1-10-11(2)16-17(12(10)3)7-4-14(18)15-13-5-8-21(19,20)9-6-13/h13H,4-9H2,1-3H3,(H,15,18). The third-order valence-corrected chi connectivity index (χ3v) is 5.93. The first kappa shape index (κ1) is 16.0. The Bertz CT molecular complexity index is 620. The zero-order chi connectivity index (χ0) is 15.6. The highest BCUT2D eigenvalue weighted by Gasteiger charge is 2.24. The van der Waals surface area contributed by atoms with Crippen molar-refractivity contribution in [1.82, 2.24) is 15.1 Å². The molecule has 0 radical (unpaired) electrons. The van der Waals surface area contributed by atoms with Crippen LogP contribution in [0.5, 0.6) is 0 Å². The van der Waals surface area contributed by atoms with E-state index in [2.05, 4.69) is 10.4 Å². The fourth-order valence-corrected chi connectivity index (χ4v) is 4.04. The molecular formula is C14H23N3O3S. The maximum Gasteiger partial charge on any atom is 0.222 e. The van der Waals surface area contributed by atoms with E-state index in [1.165, 1.54) is 0 Å². The van der Waals surface area contributed by atoms with E-state index in [1.807, 2.05) is 25.5 Å². The predicted octanol–water partition coefficient (Wildman–Crippen LogP) is 0.892. The van der Waals surface area contributed by atoms with Crippen molar-refractivity contribution >= 4 is 15.7 Å². The Labute approximate surface area is 125 Å². The molecule has 1 fully saturated rings. The first-order valence-corrected chi connectivity index (χ1v) is 9.11. The number of carbonyl (C=O) groups is 1. The molecule has 118 valence electrons. The van der Waals surface area contributed by atoms with Gasteiger partial charge in [-0.15, -0.1) is 0 Å². The number of aryl methyl sites for hydroxylation is 2. The van der Waals surface area contributed by atoms with E-state index >= 15 is 0 Å². The summed E-state index contributed by atoms with van der Waals surface area (Å²) in [7, 11) is -2.88. The van der Waals surface area contributed by atoms with Crippen molar-refractivity contribution in [2.45, 2.75) is 52.6 Å². The number of nitrogens with zero attached hydrogens (tertiary/aromatic N) is 2. The van der Waals surface area contributed by atoms with Crippen LogP contribution >= 0.6 is 0 Å². The molecule has 1 aromatic heterocycles. The summed E-state index contributed by atoms with van der Waals surface area (Å²) in [6, 6.07) is -0.0109. The van der Waals surface area contributed by atoms with Crippen LogP contribution in [0.3, 0.4) is 0 Å². The van der Waals surface area contributed by atoms with Crippen molar-refractivity contribution in [1.29, 1.82) is 0 Å². The Hall–Kier alpha value is -1.37. The molecule has 1 saturated heterocycles. The Kier molecular flexibility index (Phi) is 4.70. The van der Waals surface area contributed by atoms with Crippen molar-refractivity contribution in [3.8, 4) is 0 Å². The fraction of sp³-hybridized carbons (Fsp3) is 0.714. The van der Waals surface area contributed by atoms with Gasteiger partial charge >= 0.3 is 0 Å². The van der Waals surface area contributed by atoms with Crippen LogP contribution in [-0.2, 0) is 21.2 Å². The maximum atomic E-state index is 11.9. The van der Waals surface area contributed by atoms with E-state index in [0.717, 1.165) is 17.0 Å².